The lowest BCUT2D eigenvalue weighted by molar-refractivity contribution is 0.225. The van der Waals surface area contributed by atoms with Crippen LogP contribution in [0.1, 0.15) is 33.6 Å². The normalized spacial score (nSPS) is 13.9. The summed E-state index contributed by atoms with van der Waals surface area (Å²) >= 11 is 0. The fourth-order valence-electron chi connectivity index (χ4n) is 1.08. The maximum Gasteiger partial charge on any atom is 0.0688 e. The van der Waals surface area contributed by atoms with Crippen molar-refractivity contribution in [2.75, 3.05) is 6.61 Å². The van der Waals surface area contributed by atoms with Crippen molar-refractivity contribution >= 4 is 0 Å². The van der Waals surface area contributed by atoms with Crippen LogP contribution in [0.2, 0.25) is 0 Å². The number of nitrogens with one attached hydrogen (secondary N) is 1. The Kier molecular flexibility index (Phi) is 4.96. The molecule has 2 N–H and O–H groups in total. The number of aliphatic hydroxyl groups excluding tert-OH is 1. The van der Waals surface area contributed by atoms with Crippen molar-refractivity contribution in [3.05, 3.63) is 0 Å². The smallest absolute Gasteiger partial charge is 0.0688 e. The molecule has 0 saturated carbocycles. The molecule has 0 fully saturated rings. The van der Waals surface area contributed by atoms with Crippen LogP contribution in [0.15, 0.2) is 0 Å². The molecule has 70 valence electrons. The Morgan fingerprint density at radius 3 is 2.50 bits per heavy atom. The molecule has 12 heavy (non-hydrogen) atoms. The van der Waals surface area contributed by atoms with Gasteiger partial charge in [0.15, 0.2) is 0 Å². The van der Waals surface area contributed by atoms with E-state index >= 15 is 0 Å². The zero-order valence-electron chi connectivity index (χ0n) is 8.22. The molecule has 0 aromatic carbocycles. The molecule has 1 atom stereocenters. The molecule has 0 aliphatic carbocycles. The zero-order valence-corrected chi connectivity index (χ0v) is 8.22. The van der Waals surface area contributed by atoms with Gasteiger partial charge in [-0.1, -0.05) is 12.8 Å². The molecule has 0 rings (SSSR count). The Morgan fingerprint density at radius 1 is 1.58 bits per heavy atom. The molecule has 0 spiro atoms. The third-order valence-electron chi connectivity index (χ3n) is 1.91. The molecular formula is C10H19NO. The number of hydrogen-bond donors (Lipinski definition) is 2. The second-order valence-corrected chi connectivity index (χ2v) is 3.63. The molecule has 1 unspecified atom stereocenters. The minimum absolute atomic E-state index is 0.0677. The van der Waals surface area contributed by atoms with Gasteiger partial charge in [0.25, 0.3) is 0 Å². The van der Waals surface area contributed by atoms with Crippen molar-refractivity contribution in [3.8, 4) is 12.3 Å². The number of aliphatic hydroxyl groups is 1. The van der Waals surface area contributed by atoms with E-state index in [4.69, 9.17) is 11.5 Å². The molecule has 0 aliphatic rings. The summed E-state index contributed by atoms with van der Waals surface area (Å²) < 4.78 is 0. The van der Waals surface area contributed by atoms with Gasteiger partial charge >= 0.3 is 0 Å². The molecule has 2 nitrogen and oxygen atoms in total. The number of rotatable bonds is 5. The van der Waals surface area contributed by atoms with Gasteiger partial charge in [0.2, 0.25) is 0 Å². The van der Waals surface area contributed by atoms with Gasteiger partial charge < -0.3 is 5.11 Å². The highest BCUT2D eigenvalue weighted by Crippen LogP contribution is 2.09. The summed E-state index contributed by atoms with van der Waals surface area (Å²) in [5.74, 6) is 2.67. The van der Waals surface area contributed by atoms with E-state index in [2.05, 4.69) is 11.2 Å². The third-order valence-corrected chi connectivity index (χ3v) is 1.91. The van der Waals surface area contributed by atoms with Gasteiger partial charge in [-0.05, 0) is 26.7 Å². The highest BCUT2D eigenvalue weighted by molar-refractivity contribution is 5.00. The van der Waals surface area contributed by atoms with Crippen LogP contribution in [0.3, 0.4) is 0 Å². The second kappa shape index (κ2) is 5.18. The van der Waals surface area contributed by atoms with Crippen LogP contribution < -0.4 is 5.32 Å². The predicted molar refractivity (Wildman–Crippen MR) is 51.8 cm³/mol. The quantitative estimate of drug-likeness (QED) is 0.605. The van der Waals surface area contributed by atoms with E-state index in [9.17, 15) is 0 Å². The summed E-state index contributed by atoms with van der Waals surface area (Å²) in [6.45, 7) is 6.33. The molecule has 0 heterocycles. The van der Waals surface area contributed by atoms with Crippen molar-refractivity contribution in [2.45, 2.75) is 45.2 Å². The Bertz CT molecular complexity index is 158. The van der Waals surface area contributed by atoms with E-state index in [1.54, 1.807) is 0 Å². The topological polar surface area (TPSA) is 32.3 Å². The molecule has 0 aromatic rings. The Labute approximate surface area is 75.4 Å². The van der Waals surface area contributed by atoms with Gasteiger partial charge in [-0.15, -0.1) is 6.42 Å². The molecule has 0 radical (unpaired) electrons. The lowest BCUT2D eigenvalue weighted by atomic mass is 9.99. The minimum atomic E-state index is -0.0677. The van der Waals surface area contributed by atoms with Crippen molar-refractivity contribution in [1.82, 2.24) is 5.32 Å². The van der Waals surface area contributed by atoms with Gasteiger partial charge in [-0.3, -0.25) is 5.32 Å². The first-order chi connectivity index (χ1) is 5.55. The Balaban J connectivity index is 3.95. The zero-order chi connectivity index (χ0) is 9.61. The minimum Gasteiger partial charge on any atom is -0.396 e. The first-order valence-corrected chi connectivity index (χ1v) is 4.40. The van der Waals surface area contributed by atoms with E-state index in [0.717, 1.165) is 12.8 Å². The summed E-state index contributed by atoms with van der Waals surface area (Å²) in [6, 6.07) is 0.117. The molecule has 0 amide bonds. The van der Waals surface area contributed by atoms with Crippen molar-refractivity contribution in [1.29, 1.82) is 0 Å². The molecule has 2 heteroatoms. The molecule has 0 bridgehead atoms. The highest BCUT2D eigenvalue weighted by Gasteiger charge is 2.18. The fraction of sp³-hybridized carbons (Fsp3) is 0.800. The SMILES string of the molecule is C#CC(CC)NC(C)(C)CCO. The van der Waals surface area contributed by atoms with Crippen LogP contribution in [0.5, 0.6) is 0 Å². The lowest BCUT2D eigenvalue weighted by Gasteiger charge is -2.28. The average Bonchev–Trinajstić information content (AvgIpc) is 2.00. The maximum atomic E-state index is 8.77. The van der Waals surface area contributed by atoms with Gasteiger partial charge in [0.05, 0.1) is 6.04 Å². The monoisotopic (exact) mass is 169 g/mol. The number of hydrogen-bond acceptors (Lipinski definition) is 2. The fourth-order valence-corrected chi connectivity index (χ4v) is 1.08. The van der Waals surface area contributed by atoms with Crippen LogP contribution in [0.4, 0.5) is 0 Å². The van der Waals surface area contributed by atoms with Crippen LogP contribution in [0.25, 0.3) is 0 Å². The first kappa shape index (κ1) is 11.5. The summed E-state index contributed by atoms with van der Waals surface area (Å²) in [6.07, 6.45) is 6.96. The molecule has 0 aliphatic heterocycles. The van der Waals surface area contributed by atoms with Crippen LogP contribution in [0, 0.1) is 12.3 Å². The number of terminal acetylenes is 1. The Morgan fingerprint density at radius 2 is 2.17 bits per heavy atom. The van der Waals surface area contributed by atoms with Gasteiger partial charge in [0, 0.05) is 12.1 Å². The van der Waals surface area contributed by atoms with E-state index in [1.807, 2.05) is 20.8 Å². The molecule has 0 saturated heterocycles. The molecule has 0 aromatic heterocycles. The summed E-state index contributed by atoms with van der Waals surface area (Å²) in [4.78, 5) is 0. The van der Waals surface area contributed by atoms with Crippen LogP contribution in [-0.4, -0.2) is 23.3 Å². The maximum absolute atomic E-state index is 8.77. The van der Waals surface area contributed by atoms with Crippen molar-refractivity contribution in [2.24, 2.45) is 0 Å². The van der Waals surface area contributed by atoms with Crippen LogP contribution >= 0.6 is 0 Å². The van der Waals surface area contributed by atoms with E-state index in [0.29, 0.717) is 0 Å². The highest BCUT2D eigenvalue weighted by atomic mass is 16.3. The summed E-state index contributed by atoms with van der Waals surface area (Å²) in [5, 5.41) is 12.1. The largest absolute Gasteiger partial charge is 0.396 e. The lowest BCUT2D eigenvalue weighted by Crippen LogP contribution is -2.45. The van der Waals surface area contributed by atoms with Crippen molar-refractivity contribution in [3.63, 3.8) is 0 Å². The standard InChI is InChI=1S/C10H19NO/c1-5-9(6-2)11-10(3,4)7-8-12/h1,9,11-12H,6-8H2,2-4H3. The first-order valence-electron chi connectivity index (χ1n) is 4.40. The summed E-state index contributed by atoms with van der Waals surface area (Å²) in [7, 11) is 0. The third kappa shape index (κ3) is 4.38. The van der Waals surface area contributed by atoms with Gasteiger partial charge in [0.1, 0.15) is 0 Å². The predicted octanol–water partition coefficient (Wildman–Crippen LogP) is 1.15. The van der Waals surface area contributed by atoms with E-state index in [-0.39, 0.29) is 18.2 Å². The second-order valence-electron chi connectivity index (χ2n) is 3.63. The van der Waals surface area contributed by atoms with Crippen molar-refractivity contribution < 1.29 is 5.11 Å². The van der Waals surface area contributed by atoms with Gasteiger partial charge in [-0.2, -0.15) is 0 Å². The Hall–Kier alpha value is -0.520. The molecular weight excluding hydrogens is 150 g/mol. The van der Waals surface area contributed by atoms with E-state index < -0.39 is 0 Å². The van der Waals surface area contributed by atoms with E-state index in [1.165, 1.54) is 0 Å². The van der Waals surface area contributed by atoms with Crippen LogP contribution in [-0.2, 0) is 0 Å². The summed E-state index contributed by atoms with van der Waals surface area (Å²) in [5.41, 5.74) is -0.0677. The van der Waals surface area contributed by atoms with Gasteiger partial charge in [-0.25, -0.2) is 0 Å². The average molecular weight is 169 g/mol.